The van der Waals surface area contributed by atoms with Crippen LogP contribution in [0.4, 0.5) is 0 Å². The number of Topliss-reactive ketones (excluding diaryl/α,β-unsaturated/α-hetero) is 1. The van der Waals surface area contributed by atoms with Crippen molar-refractivity contribution in [2.75, 3.05) is 0 Å². The lowest BCUT2D eigenvalue weighted by atomic mass is 10.1. The Hall–Kier alpha value is -1.38. The van der Waals surface area contributed by atoms with Crippen molar-refractivity contribution >= 4 is 29.0 Å². The summed E-state index contributed by atoms with van der Waals surface area (Å²) in [4.78, 5) is 15.3. The van der Waals surface area contributed by atoms with Crippen LogP contribution in [0.2, 0.25) is 10.0 Å². The first kappa shape index (κ1) is 12.1. The molecular formula is C13H9Cl2NO. The lowest BCUT2D eigenvalue weighted by Crippen LogP contribution is -1.93. The summed E-state index contributed by atoms with van der Waals surface area (Å²) in [5, 5.41) is 1.18. The maximum Gasteiger partial charge on any atom is 0.161 e. The predicted molar refractivity (Wildman–Crippen MR) is 69.7 cm³/mol. The Bertz CT molecular complexity index is 564. The van der Waals surface area contributed by atoms with Gasteiger partial charge in [0.1, 0.15) is 0 Å². The van der Waals surface area contributed by atoms with E-state index in [1.807, 2.05) is 0 Å². The van der Waals surface area contributed by atoms with Gasteiger partial charge in [-0.2, -0.15) is 0 Å². The van der Waals surface area contributed by atoms with E-state index in [2.05, 4.69) is 4.98 Å². The van der Waals surface area contributed by atoms with E-state index in [0.29, 0.717) is 21.3 Å². The van der Waals surface area contributed by atoms with Gasteiger partial charge in [0.25, 0.3) is 0 Å². The molecule has 0 atom stereocenters. The van der Waals surface area contributed by atoms with Crippen molar-refractivity contribution in [3.63, 3.8) is 0 Å². The number of hydrogen-bond donors (Lipinski definition) is 0. The second kappa shape index (κ2) is 4.86. The molecule has 86 valence electrons. The molecule has 0 radical (unpaired) electrons. The van der Waals surface area contributed by atoms with Crippen LogP contribution in [0.25, 0.3) is 11.3 Å². The maximum absolute atomic E-state index is 11.1. The molecule has 2 rings (SSSR count). The molecule has 17 heavy (non-hydrogen) atoms. The molecule has 0 aliphatic heterocycles. The van der Waals surface area contributed by atoms with Crippen molar-refractivity contribution in [3.8, 4) is 11.3 Å². The van der Waals surface area contributed by atoms with Crippen LogP contribution >= 0.6 is 23.2 Å². The first-order chi connectivity index (χ1) is 8.08. The average Bonchev–Trinajstić information content (AvgIpc) is 2.32. The molecule has 2 aromatic rings. The largest absolute Gasteiger partial charge is 0.294 e. The average molecular weight is 266 g/mol. The zero-order valence-electron chi connectivity index (χ0n) is 9.08. The third-order valence-electron chi connectivity index (χ3n) is 2.37. The highest BCUT2D eigenvalue weighted by Gasteiger charge is 2.07. The summed E-state index contributed by atoms with van der Waals surface area (Å²) in [6, 6.07) is 8.67. The minimum atomic E-state index is -0.0127. The van der Waals surface area contributed by atoms with Crippen LogP contribution in [0, 0.1) is 0 Å². The van der Waals surface area contributed by atoms with Crippen molar-refractivity contribution in [2.24, 2.45) is 0 Å². The monoisotopic (exact) mass is 265 g/mol. The molecule has 0 amide bonds. The van der Waals surface area contributed by atoms with Gasteiger partial charge < -0.3 is 0 Å². The second-order valence-corrected chi connectivity index (χ2v) is 4.46. The van der Waals surface area contributed by atoms with Crippen molar-refractivity contribution in [1.29, 1.82) is 0 Å². The molecule has 1 aromatic heterocycles. The Kier molecular flexibility index (Phi) is 3.46. The molecule has 1 heterocycles. The molecule has 0 fully saturated rings. The standard InChI is InChI=1S/C13H9Cl2NO/c1-8(17)9-2-5-13(16-7-9)11-6-10(14)3-4-12(11)15/h2-7H,1H3. The Labute approximate surface area is 109 Å². The summed E-state index contributed by atoms with van der Waals surface area (Å²) in [6.07, 6.45) is 1.54. The molecule has 0 aliphatic rings. The number of rotatable bonds is 2. The summed E-state index contributed by atoms with van der Waals surface area (Å²) in [7, 11) is 0. The summed E-state index contributed by atoms with van der Waals surface area (Å²) in [5.41, 5.74) is 2.03. The van der Waals surface area contributed by atoms with Gasteiger partial charge in [-0.3, -0.25) is 9.78 Å². The number of carbonyl (C=O) groups is 1. The van der Waals surface area contributed by atoms with Crippen LogP contribution in [-0.4, -0.2) is 10.8 Å². The van der Waals surface area contributed by atoms with Gasteiger partial charge in [-0.05, 0) is 37.3 Å². The lowest BCUT2D eigenvalue weighted by molar-refractivity contribution is 0.101. The molecule has 0 bridgehead atoms. The number of aromatic nitrogens is 1. The van der Waals surface area contributed by atoms with Gasteiger partial charge in [0, 0.05) is 22.3 Å². The van der Waals surface area contributed by atoms with Crippen LogP contribution in [-0.2, 0) is 0 Å². The zero-order chi connectivity index (χ0) is 12.4. The van der Waals surface area contributed by atoms with Gasteiger partial charge >= 0.3 is 0 Å². The molecule has 0 N–H and O–H groups in total. The van der Waals surface area contributed by atoms with Gasteiger partial charge in [-0.25, -0.2) is 0 Å². The summed E-state index contributed by atoms with van der Waals surface area (Å²) >= 11 is 12.0. The summed E-state index contributed by atoms with van der Waals surface area (Å²) in [5.74, 6) is -0.0127. The molecule has 0 saturated heterocycles. The van der Waals surface area contributed by atoms with Crippen LogP contribution in [0.5, 0.6) is 0 Å². The van der Waals surface area contributed by atoms with Crippen molar-refractivity contribution in [3.05, 3.63) is 52.1 Å². The molecule has 0 aliphatic carbocycles. The highest BCUT2D eigenvalue weighted by atomic mass is 35.5. The lowest BCUT2D eigenvalue weighted by Gasteiger charge is -2.04. The highest BCUT2D eigenvalue weighted by Crippen LogP contribution is 2.29. The van der Waals surface area contributed by atoms with E-state index < -0.39 is 0 Å². The van der Waals surface area contributed by atoms with Gasteiger partial charge in [-0.15, -0.1) is 0 Å². The number of carbonyl (C=O) groups excluding carboxylic acids is 1. The molecule has 0 spiro atoms. The summed E-state index contributed by atoms with van der Waals surface area (Å²) < 4.78 is 0. The number of halogens is 2. The third kappa shape index (κ3) is 2.65. The molecule has 1 aromatic carbocycles. The van der Waals surface area contributed by atoms with Crippen molar-refractivity contribution in [2.45, 2.75) is 6.92 Å². The van der Waals surface area contributed by atoms with E-state index in [1.54, 1.807) is 30.3 Å². The third-order valence-corrected chi connectivity index (χ3v) is 2.94. The van der Waals surface area contributed by atoms with Crippen molar-refractivity contribution < 1.29 is 4.79 Å². The Morgan fingerprint density at radius 3 is 2.53 bits per heavy atom. The fourth-order valence-electron chi connectivity index (χ4n) is 1.46. The van der Waals surface area contributed by atoms with Crippen LogP contribution in [0.3, 0.4) is 0 Å². The van der Waals surface area contributed by atoms with E-state index in [1.165, 1.54) is 13.1 Å². The van der Waals surface area contributed by atoms with Gasteiger partial charge in [0.2, 0.25) is 0 Å². The fourth-order valence-corrected chi connectivity index (χ4v) is 1.84. The topological polar surface area (TPSA) is 30.0 Å². The normalized spacial score (nSPS) is 10.3. The molecule has 0 unspecified atom stereocenters. The molecule has 2 nitrogen and oxygen atoms in total. The van der Waals surface area contributed by atoms with E-state index in [-0.39, 0.29) is 5.78 Å². The zero-order valence-corrected chi connectivity index (χ0v) is 10.6. The van der Waals surface area contributed by atoms with E-state index in [4.69, 9.17) is 23.2 Å². The second-order valence-electron chi connectivity index (χ2n) is 3.61. The Balaban J connectivity index is 2.46. The quantitative estimate of drug-likeness (QED) is 0.760. The first-order valence-corrected chi connectivity index (χ1v) is 5.76. The Morgan fingerprint density at radius 2 is 1.94 bits per heavy atom. The molecule has 0 saturated carbocycles. The number of nitrogens with zero attached hydrogens (tertiary/aromatic N) is 1. The van der Waals surface area contributed by atoms with Gasteiger partial charge in [-0.1, -0.05) is 23.2 Å². The molecule has 4 heteroatoms. The number of hydrogen-bond acceptors (Lipinski definition) is 2. The maximum atomic E-state index is 11.1. The van der Waals surface area contributed by atoms with Gasteiger partial charge in [0.15, 0.2) is 5.78 Å². The smallest absolute Gasteiger partial charge is 0.161 e. The predicted octanol–water partition coefficient (Wildman–Crippen LogP) is 4.26. The minimum absolute atomic E-state index is 0.0127. The van der Waals surface area contributed by atoms with E-state index in [9.17, 15) is 4.79 Å². The van der Waals surface area contributed by atoms with E-state index >= 15 is 0 Å². The number of pyridine rings is 1. The molecular weight excluding hydrogens is 257 g/mol. The number of ketones is 1. The highest BCUT2D eigenvalue weighted by molar-refractivity contribution is 6.35. The van der Waals surface area contributed by atoms with Crippen LogP contribution in [0.1, 0.15) is 17.3 Å². The number of benzene rings is 1. The van der Waals surface area contributed by atoms with Crippen LogP contribution in [0.15, 0.2) is 36.5 Å². The fraction of sp³-hybridized carbons (Fsp3) is 0.0769. The SMILES string of the molecule is CC(=O)c1ccc(-c2cc(Cl)ccc2Cl)nc1. The summed E-state index contributed by atoms with van der Waals surface area (Å²) in [6.45, 7) is 1.50. The minimum Gasteiger partial charge on any atom is -0.294 e. The van der Waals surface area contributed by atoms with Crippen molar-refractivity contribution in [1.82, 2.24) is 4.98 Å². The Morgan fingerprint density at radius 1 is 1.18 bits per heavy atom. The van der Waals surface area contributed by atoms with Crippen LogP contribution < -0.4 is 0 Å². The van der Waals surface area contributed by atoms with E-state index in [0.717, 1.165) is 5.56 Å². The first-order valence-electron chi connectivity index (χ1n) is 5.00. The van der Waals surface area contributed by atoms with Gasteiger partial charge in [0.05, 0.1) is 10.7 Å².